The maximum Gasteiger partial charge on any atom is 0.0637 e. The zero-order chi connectivity index (χ0) is 14.1. The molecule has 0 aromatic heterocycles. The van der Waals surface area contributed by atoms with Gasteiger partial charge in [0.15, 0.2) is 0 Å². The van der Waals surface area contributed by atoms with Crippen molar-refractivity contribution in [3.63, 3.8) is 0 Å². The minimum Gasteiger partial charge on any atom is -0.383 e. The van der Waals surface area contributed by atoms with Gasteiger partial charge in [-0.2, -0.15) is 0 Å². The molecule has 0 fully saturated rings. The number of likely N-dealkylation sites (N-methyl/N-ethyl adjacent to an activating group) is 1. The van der Waals surface area contributed by atoms with E-state index in [-0.39, 0.29) is 0 Å². The molecule has 0 saturated heterocycles. The number of hydrogen-bond acceptors (Lipinski definition) is 4. The molecule has 1 rings (SSSR count). The van der Waals surface area contributed by atoms with Gasteiger partial charge in [-0.15, -0.1) is 0 Å². The Balaban J connectivity index is 2.67. The Kier molecular flexibility index (Phi) is 7.48. The molecule has 19 heavy (non-hydrogen) atoms. The molecule has 0 atom stereocenters. The lowest BCUT2D eigenvalue weighted by molar-refractivity contribution is 0.199. The first kappa shape index (κ1) is 16.0. The molecule has 0 aliphatic heterocycles. The predicted octanol–water partition coefficient (Wildman–Crippen LogP) is 1.81. The molecule has 4 heteroatoms. The molecule has 1 aromatic carbocycles. The standard InChI is InChI=1S/C15H26N2O2/c1-13-5-6-15(17(2)8-10-19-4)14(11-13)12-16-7-9-18-3/h5-6,11,16H,7-10,12H2,1-4H3. The molecule has 1 aromatic rings. The lowest BCUT2D eigenvalue weighted by Crippen LogP contribution is -2.25. The summed E-state index contributed by atoms with van der Waals surface area (Å²) in [6.45, 7) is 6.22. The van der Waals surface area contributed by atoms with Gasteiger partial charge in [0, 0.05) is 46.6 Å². The molecule has 4 nitrogen and oxygen atoms in total. The molecule has 0 aliphatic carbocycles. The van der Waals surface area contributed by atoms with E-state index in [9.17, 15) is 0 Å². The van der Waals surface area contributed by atoms with Crippen LogP contribution in [-0.4, -0.2) is 47.6 Å². The molecule has 0 unspecified atom stereocenters. The summed E-state index contributed by atoms with van der Waals surface area (Å²) in [6.07, 6.45) is 0. The molecule has 0 heterocycles. The molecule has 0 radical (unpaired) electrons. The third kappa shape index (κ3) is 5.59. The second-order valence-corrected chi connectivity index (χ2v) is 4.72. The van der Waals surface area contributed by atoms with Crippen molar-refractivity contribution >= 4 is 5.69 Å². The summed E-state index contributed by atoms with van der Waals surface area (Å²) in [6, 6.07) is 6.56. The average molecular weight is 266 g/mol. The first-order valence-corrected chi connectivity index (χ1v) is 6.68. The van der Waals surface area contributed by atoms with Crippen LogP contribution in [0.1, 0.15) is 11.1 Å². The van der Waals surface area contributed by atoms with Crippen LogP contribution in [-0.2, 0) is 16.0 Å². The van der Waals surface area contributed by atoms with Crippen LogP contribution in [0, 0.1) is 6.92 Å². The number of anilines is 1. The van der Waals surface area contributed by atoms with E-state index in [2.05, 4.69) is 42.4 Å². The van der Waals surface area contributed by atoms with Gasteiger partial charge in [-0.25, -0.2) is 0 Å². The quantitative estimate of drug-likeness (QED) is 0.691. The van der Waals surface area contributed by atoms with Crippen LogP contribution in [0.15, 0.2) is 18.2 Å². The fraction of sp³-hybridized carbons (Fsp3) is 0.600. The maximum atomic E-state index is 5.14. The van der Waals surface area contributed by atoms with Crippen LogP contribution in [0.5, 0.6) is 0 Å². The minimum absolute atomic E-state index is 0.737. The topological polar surface area (TPSA) is 33.7 Å². The van der Waals surface area contributed by atoms with Gasteiger partial charge in [0.05, 0.1) is 13.2 Å². The third-order valence-electron chi connectivity index (χ3n) is 3.08. The molecular weight excluding hydrogens is 240 g/mol. The third-order valence-corrected chi connectivity index (χ3v) is 3.08. The van der Waals surface area contributed by atoms with E-state index in [0.29, 0.717) is 0 Å². The van der Waals surface area contributed by atoms with E-state index < -0.39 is 0 Å². The number of aryl methyl sites for hydroxylation is 1. The molecule has 0 aliphatic rings. The van der Waals surface area contributed by atoms with Gasteiger partial charge in [-0.1, -0.05) is 17.7 Å². The normalized spacial score (nSPS) is 10.7. The molecule has 108 valence electrons. The summed E-state index contributed by atoms with van der Waals surface area (Å²) < 4.78 is 10.2. The van der Waals surface area contributed by atoms with Crippen molar-refractivity contribution in [3.05, 3.63) is 29.3 Å². The van der Waals surface area contributed by atoms with Crippen molar-refractivity contribution in [2.24, 2.45) is 0 Å². The summed E-state index contributed by atoms with van der Waals surface area (Å²) in [4.78, 5) is 2.23. The Bertz CT molecular complexity index is 369. The zero-order valence-electron chi connectivity index (χ0n) is 12.5. The van der Waals surface area contributed by atoms with E-state index in [1.807, 2.05) is 0 Å². The number of methoxy groups -OCH3 is 2. The van der Waals surface area contributed by atoms with Gasteiger partial charge in [0.1, 0.15) is 0 Å². The van der Waals surface area contributed by atoms with Gasteiger partial charge >= 0.3 is 0 Å². The van der Waals surface area contributed by atoms with Crippen molar-refractivity contribution in [2.75, 3.05) is 52.5 Å². The van der Waals surface area contributed by atoms with Crippen LogP contribution in [0.25, 0.3) is 0 Å². The molecule has 0 spiro atoms. The molecule has 1 N–H and O–H groups in total. The van der Waals surface area contributed by atoms with Crippen molar-refractivity contribution in [1.82, 2.24) is 5.32 Å². The Morgan fingerprint density at radius 1 is 1.16 bits per heavy atom. The van der Waals surface area contributed by atoms with Gasteiger partial charge in [0.25, 0.3) is 0 Å². The van der Waals surface area contributed by atoms with E-state index in [1.165, 1.54) is 16.8 Å². The van der Waals surface area contributed by atoms with Crippen LogP contribution in [0.3, 0.4) is 0 Å². The zero-order valence-corrected chi connectivity index (χ0v) is 12.5. The smallest absolute Gasteiger partial charge is 0.0637 e. The van der Waals surface area contributed by atoms with Crippen molar-refractivity contribution in [1.29, 1.82) is 0 Å². The number of hydrogen-bond donors (Lipinski definition) is 1. The monoisotopic (exact) mass is 266 g/mol. The first-order chi connectivity index (χ1) is 9.19. The van der Waals surface area contributed by atoms with E-state index >= 15 is 0 Å². The Labute approximate surface area is 116 Å². The van der Waals surface area contributed by atoms with Gasteiger partial charge in [-0.05, 0) is 18.6 Å². The summed E-state index contributed by atoms with van der Waals surface area (Å²) >= 11 is 0. The fourth-order valence-corrected chi connectivity index (χ4v) is 1.97. The van der Waals surface area contributed by atoms with Gasteiger partial charge < -0.3 is 19.7 Å². The first-order valence-electron chi connectivity index (χ1n) is 6.68. The summed E-state index contributed by atoms with van der Waals surface area (Å²) in [7, 11) is 5.55. The highest BCUT2D eigenvalue weighted by Gasteiger charge is 2.07. The van der Waals surface area contributed by atoms with Gasteiger partial charge in [-0.3, -0.25) is 0 Å². The largest absolute Gasteiger partial charge is 0.383 e. The molecular formula is C15H26N2O2. The number of nitrogens with zero attached hydrogens (tertiary/aromatic N) is 1. The van der Waals surface area contributed by atoms with Crippen LogP contribution in [0.4, 0.5) is 5.69 Å². The highest BCUT2D eigenvalue weighted by molar-refractivity contribution is 5.54. The fourth-order valence-electron chi connectivity index (χ4n) is 1.97. The molecule has 0 saturated carbocycles. The second kappa shape index (κ2) is 8.91. The summed E-state index contributed by atoms with van der Waals surface area (Å²) in [5, 5.41) is 3.40. The SMILES string of the molecule is COCCNCc1cc(C)ccc1N(C)CCOC. The van der Waals surface area contributed by atoms with Crippen molar-refractivity contribution in [2.45, 2.75) is 13.5 Å². The molecule has 0 bridgehead atoms. The highest BCUT2D eigenvalue weighted by Crippen LogP contribution is 2.20. The number of benzene rings is 1. The summed E-state index contributed by atoms with van der Waals surface area (Å²) in [5.74, 6) is 0. The lowest BCUT2D eigenvalue weighted by Gasteiger charge is -2.23. The van der Waals surface area contributed by atoms with Crippen molar-refractivity contribution in [3.8, 4) is 0 Å². The lowest BCUT2D eigenvalue weighted by atomic mass is 10.1. The predicted molar refractivity (Wildman–Crippen MR) is 79.9 cm³/mol. The van der Waals surface area contributed by atoms with E-state index in [0.717, 1.165) is 32.8 Å². The average Bonchev–Trinajstić information content (AvgIpc) is 2.41. The van der Waals surface area contributed by atoms with E-state index in [4.69, 9.17) is 9.47 Å². The Morgan fingerprint density at radius 3 is 2.58 bits per heavy atom. The Morgan fingerprint density at radius 2 is 1.89 bits per heavy atom. The summed E-state index contributed by atoms with van der Waals surface area (Å²) in [5.41, 5.74) is 3.86. The number of rotatable bonds is 9. The van der Waals surface area contributed by atoms with Gasteiger partial charge in [0.2, 0.25) is 0 Å². The molecule has 0 amide bonds. The number of ether oxygens (including phenoxy) is 2. The van der Waals surface area contributed by atoms with Crippen LogP contribution < -0.4 is 10.2 Å². The van der Waals surface area contributed by atoms with Crippen LogP contribution >= 0.6 is 0 Å². The highest BCUT2D eigenvalue weighted by atomic mass is 16.5. The Hall–Kier alpha value is -1.10. The second-order valence-electron chi connectivity index (χ2n) is 4.72. The van der Waals surface area contributed by atoms with Crippen LogP contribution in [0.2, 0.25) is 0 Å². The van der Waals surface area contributed by atoms with Crippen molar-refractivity contribution < 1.29 is 9.47 Å². The number of nitrogens with one attached hydrogen (secondary N) is 1. The maximum absolute atomic E-state index is 5.14. The van der Waals surface area contributed by atoms with E-state index in [1.54, 1.807) is 14.2 Å². The minimum atomic E-state index is 0.737.